The summed E-state index contributed by atoms with van der Waals surface area (Å²) in [6, 6.07) is 14.7. The quantitative estimate of drug-likeness (QED) is 0.688. The van der Waals surface area contributed by atoms with E-state index in [1.807, 2.05) is 34.9 Å². The van der Waals surface area contributed by atoms with Crippen LogP contribution in [0, 0.1) is 5.82 Å². The second-order valence-corrected chi connectivity index (χ2v) is 8.30. The number of piperazine rings is 1. The SMILES string of the molecule is CC(=O)c1ccc(N2CCN(C(=O)[C@H](C)SCc3ccccc3)CC2)c(F)c1. The van der Waals surface area contributed by atoms with Crippen LogP contribution in [-0.2, 0) is 10.5 Å². The van der Waals surface area contributed by atoms with E-state index in [1.165, 1.54) is 18.6 Å². The van der Waals surface area contributed by atoms with Crippen LogP contribution >= 0.6 is 11.8 Å². The summed E-state index contributed by atoms with van der Waals surface area (Å²) in [6.07, 6.45) is 0. The summed E-state index contributed by atoms with van der Waals surface area (Å²) < 4.78 is 14.4. The van der Waals surface area contributed by atoms with E-state index in [2.05, 4.69) is 12.1 Å². The largest absolute Gasteiger partial charge is 0.366 e. The maximum absolute atomic E-state index is 14.4. The van der Waals surface area contributed by atoms with Crippen LogP contribution in [0.15, 0.2) is 48.5 Å². The second kappa shape index (κ2) is 9.24. The Morgan fingerprint density at radius 3 is 2.36 bits per heavy atom. The highest BCUT2D eigenvalue weighted by Gasteiger charge is 2.26. The van der Waals surface area contributed by atoms with Gasteiger partial charge in [0.1, 0.15) is 5.82 Å². The van der Waals surface area contributed by atoms with Gasteiger partial charge in [0.2, 0.25) is 5.91 Å². The highest BCUT2D eigenvalue weighted by atomic mass is 32.2. The highest BCUT2D eigenvalue weighted by Crippen LogP contribution is 2.24. The molecule has 2 aromatic carbocycles. The third-order valence-corrected chi connectivity index (χ3v) is 6.18. The molecule has 0 aliphatic carbocycles. The first-order valence-electron chi connectivity index (χ1n) is 9.45. The van der Waals surface area contributed by atoms with Crippen molar-refractivity contribution in [2.45, 2.75) is 24.9 Å². The number of halogens is 1. The summed E-state index contributed by atoms with van der Waals surface area (Å²) in [5.41, 5.74) is 2.07. The minimum absolute atomic E-state index is 0.113. The smallest absolute Gasteiger partial charge is 0.235 e. The zero-order valence-corrected chi connectivity index (χ0v) is 17.0. The fraction of sp³-hybridized carbons (Fsp3) is 0.364. The van der Waals surface area contributed by atoms with Gasteiger partial charge in [-0.25, -0.2) is 4.39 Å². The first-order valence-corrected chi connectivity index (χ1v) is 10.5. The van der Waals surface area contributed by atoms with Gasteiger partial charge in [0.15, 0.2) is 5.78 Å². The van der Waals surface area contributed by atoms with Crippen molar-refractivity contribution in [1.82, 2.24) is 4.90 Å². The molecule has 28 heavy (non-hydrogen) atoms. The van der Waals surface area contributed by atoms with Gasteiger partial charge in [0.25, 0.3) is 0 Å². The standard InChI is InChI=1S/C22H25FN2O2S/c1-16(26)19-8-9-21(20(23)14-19)24-10-12-25(13-11-24)22(27)17(2)28-15-18-6-4-3-5-7-18/h3-9,14,17H,10-13,15H2,1-2H3/t17-/m0/s1. The number of rotatable bonds is 6. The van der Waals surface area contributed by atoms with Gasteiger partial charge in [0, 0.05) is 37.5 Å². The van der Waals surface area contributed by atoms with Crippen LogP contribution in [-0.4, -0.2) is 48.0 Å². The van der Waals surface area contributed by atoms with Crippen LogP contribution in [0.25, 0.3) is 0 Å². The number of Topliss-reactive ketones (excluding diaryl/α,β-unsaturated/α-hetero) is 1. The summed E-state index contributed by atoms with van der Waals surface area (Å²) in [4.78, 5) is 27.9. The van der Waals surface area contributed by atoms with E-state index in [9.17, 15) is 14.0 Å². The fourth-order valence-electron chi connectivity index (χ4n) is 3.27. The van der Waals surface area contributed by atoms with E-state index < -0.39 is 0 Å². The molecule has 0 bridgehead atoms. The van der Waals surface area contributed by atoms with Crippen molar-refractivity contribution in [3.8, 4) is 0 Å². The Bertz CT molecular complexity index is 836. The minimum atomic E-state index is -0.390. The lowest BCUT2D eigenvalue weighted by Crippen LogP contribution is -2.50. The molecule has 1 heterocycles. The molecule has 1 fully saturated rings. The predicted octanol–water partition coefficient (Wildman–Crippen LogP) is 4.00. The fourth-order valence-corrected chi connectivity index (χ4v) is 4.20. The van der Waals surface area contributed by atoms with Crippen molar-refractivity contribution >= 4 is 29.1 Å². The summed E-state index contributed by atoms with van der Waals surface area (Å²) in [6.45, 7) is 5.68. The average molecular weight is 401 g/mol. The molecule has 0 unspecified atom stereocenters. The Labute approximate surface area is 169 Å². The zero-order chi connectivity index (χ0) is 20.1. The van der Waals surface area contributed by atoms with Crippen LogP contribution < -0.4 is 4.90 Å². The molecule has 1 atom stereocenters. The first kappa shape index (κ1) is 20.4. The summed E-state index contributed by atoms with van der Waals surface area (Å²) in [5, 5.41) is -0.113. The van der Waals surface area contributed by atoms with Gasteiger partial charge >= 0.3 is 0 Å². The number of benzene rings is 2. The van der Waals surface area contributed by atoms with Crippen molar-refractivity contribution in [2.24, 2.45) is 0 Å². The Kier molecular flexibility index (Phi) is 6.73. The van der Waals surface area contributed by atoms with Crippen LogP contribution in [0.5, 0.6) is 0 Å². The normalized spacial score (nSPS) is 15.4. The molecule has 1 saturated heterocycles. The Morgan fingerprint density at radius 2 is 1.75 bits per heavy atom. The van der Waals surface area contributed by atoms with Gasteiger partial charge in [-0.3, -0.25) is 9.59 Å². The molecule has 6 heteroatoms. The lowest BCUT2D eigenvalue weighted by Gasteiger charge is -2.37. The summed E-state index contributed by atoms with van der Waals surface area (Å²) in [7, 11) is 0. The van der Waals surface area contributed by atoms with E-state index in [0.717, 1.165) is 5.75 Å². The van der Waals surface area contributed by atoms with E-state index >= 15 is 0 Å². The molecule has 1 amide bonds. The van der Waals surface area contributed by atoms with E-state index in [-0.39, 0.29) is 22.8 Å². The van der Waals surface area contributed by atoms with E-state index in [0.29, 0.717) is 37.4 Å². The number of carbonyl (C=O) groups is 2. The van der Waals surface area contributed by atoms with Gasteiger partial charge < -0.3 is 9.80 Å². The third-order valence-electron chi connectivity index (χ3n) is 4.98. The van der Waals surface area contributed by atoms with Crippen LogP contribution in [0.4, 0.5) is 10.1 Å². The van der Waals surface area contributed by atoms with E-state index in [1.54, 1.807) is 23.9 Å². The third kappa shape index (κ3) is 4.93. The number of carbonyl (C=O) groups excluding carboxylic acids is 2. The Balaban J connectivity index is 1.53. The van der Waals surface area contributed by atoms with Crippen molar-refractivity contribution in [3.63, 3.8) is 0 Å². The van der Waals surface area contributed by atoms with Crippen LogP contribution in [0.1, 0.15) is 29.8 Å². The van der Waals surface area contributed by atoms with Gasteiger partial charge in [-0.15, -0.1) is 11.8 Å². The predicted molar refractivity (Wildman–Crippen MR) is 112 cm³/mol. The monoisotopic (exact) mass is 400 g/mol. The number of amides is 1. The molecule has 2 aromatic rings. The average Bonchev–Trinajstić information content (AvgIpc) is 2.72. The Hall–Kier alpha value is -2.34. The number of hydrogen-bond acceptors (Lipinski definition) is 4. The maximum atomic E-state index is 14.4. The van der Waals surface area contributed by atoms with Gasteiger partial charge in [-0.05, 0) is 37.6 Å². The number of anilines is 1. The molecule has 0 aromatic heterocycles. The molecule has 148 valence electrons. The van der Waals surface area contributed by atoms with Gasteiger partial charge in [-0.2, -0.15) is 0 Å². The van der Waals surface area contributed by atoms with Crippen LogP contribution in [0.2, 0.25) is 0 Å². The molecule has 1 aliphatic rings. The van der Waals surface area contributed by atoms with Gasteiger partial charge in [0.05, 0.1) is 10.9 Å². The number of ketones is 1. The van der Waals surface area contributed by atoms with E-state index in [4.69, 9.17) is 0 Å². The second-order valence-electron chi connectivity index (χ2n) is 6.97. The summed E-state index contributed by atoms with van der Waals surface area (Å²) >= 11 is 1.64. The molecular weight excluding hydrogens is 375 g/mol. The number of nitrogens with zero attached hydrogens (tertiary/aromatic N) is 2. The van der Waals surface area contributed by atoms with Crippen molar-refractivity contribution in [2.75, 3.05) is 31.1 Å². The minimum Gasteiger partial charge on any atom is -0.366 e. The lowest BCUT2D eigenvalue weighted by molar-refractivity contribution is -0.130. The molecular formula is C22H25FN2O2S. The van der Waals surface area contributed by atoms with Gasteiger partial charge in [-0.1, -0.05) is 30.3 Å². The first-order chi connectivity index (χ1) is 13.5. The summed E-state index contributed by atoms with van der Waals surface area (Å²) in [5.74, 6) is 0.400. The molecule has 4 nitrogen and oxygen atoms in total. The molecule has 1 aliphatic heterocycles. The van der Waals surface area contributed by atoms with Crippen molar-refractivity contribution in [3.05, 3.63) is 65.5 Å². The lowest BCUT2D eigenvalue weighted by atomic mass is 10.1. The van der Waals surface area contributed by atoms with Crippen molar-refractivity contribution in [1.29, 1.82) is 0 Å². The van der Waals surface area contributed by atoms with Crippen molar-refractivity contribution < 1.29 is 14.0 Å². The Morgan fingerprint density at radius 1 is 1.07 bits per heavy atom. The van der Waals surface area contributed by atoms with Crippen LogP contribution in [0.3, 0.4) is 0 Å². The maximum Gasteiger partial charge on any atom is 0.235 e. The zero-order valence-electron chi connectivity index (χ0n) is 16.2. The molecule has 0 spiro atoms. The topological polar surface area (TPSA) is 40.6 Å². The molecule has 0 N–H and O–H groups in total. The molecule has 0 radical (unpaired) electrons. The molecule has 3 rings (SSSR count). The number of thioether (sulfide) groups is 1. The number of hydrogen-bond donors (Lipinski definition) is 0. The highest BCUT2D eigenvalue weighted by molar-refractivity contribution is 7.99. The molecule has 0 saturated carbocycles.